The van der Waals surface area contributed by atoms with E-state index in [1.165, 1.54) is 5.56 Å². The smallest absolute Gasteiger partial charge is 0.333 e. The molecule has 0 aliphatic carbocycles. The number of nitrogens with zero attached hydrogens (tertiary/aromatic N) is 3. The van der Waals surface area contributed by atoms with E-state index < -0.39 is 0 Å². The summed E-state index contributed by atoms with van der Waals surface area (Å²) in [5.74, 6) is 1.51. The maximum Gasteiger partial charge on any atom is 0.333 e. The number of imidazole rings is 1. The molecular formula is C22H21N5O4. The van der Waals surface area contributed by atoms with Gasteiger partial charge < -0.3 is 19.5 Å². The lowest BCUT2D eigenvalue weighted by Gasteiger charge is -2.14. The first-order chi connectivity index (χ1) is 15.1. The summed E-state index contributed by atoms with van der Waals surface area (Å²) < 4.78 is 17.8. The number of benzene rings is 2. The second-order valence-corrected chi connectivity index (χ2v) is 7.13. The molecule has 0 radical (unpaired) electrons. The highest BCUT2D eigenvalue weighted by atomic mass is 16.5. The molecule has 0 atom stereocenters. The van der Waals surface area contributed by atoms with E-state index in [4.69, 9.17) is 19.2 Å². The van der Waals surface area contributed by atoms with Gasteiger partial charge in [-0.1, -0.05) is 0 Å². The minimum atomic E-state index is -0.289. The highest BCUT2D eigenvalue weighted by Gasteiger charge is 2.18. The Morgan fingerprint density at radius 3 is 2.52 bits per heavy atom. The fraction of sp³-hybridized carbons (Fsp3) is 0.227. The molecule has 2 aromatic heterocycles. The van der Waals surface area contributed by atoms with Crippen molar-refractivity contribution in [2.45, 2.75) is 6.42 Å². The van der Waals surface area contributed by atoms with E-state index in [1.807, 2.05) is 18.2 Å². The fourth-order valence-corrected chi connectivity index (χ4v) is 3.91. The number of hydrogen-bond acceptors (Lipinski definition) is 7. The van der Waals surface area contributed by atoms with Gasteiger partial charge >= 0.3 is 5.69 Å². The standard InChI is InChI=1S/C22H21N5O4/c1-29-17-9-13(10-18(30-2)19(17)31-3)16-11-24-20-21(25-16)27(22(28)26-20)14-4-5-15-12(8-14)6-7-23-15/h4-5,8-11,23H,6-7H2,1-3H3,(H,24,26,28). The van der Waals surface area contributed by atoms with Crippen molar-refractivity contribution in [3.8, 4) is 34.2 Å². The minimum Gasteiger partial charge on any atom is -0.493 e. The Morgan fingerprint density at radius 2 is 1.81 bits per heavy atom. The zero-order valence-corrected chi connectivity index (χ0v) is 17.4. The van der Waals surface area contributed by atoms with Gasteiger partial charge in [0.2, 0.25) is 5.75 Å². The number of nitrogens with one attached hydrogen (secondary N) is 2. The van der Waals surface area contributed by atoms with Crippen molar-refractivity contribution >= 4 is 17.0 Å². The molecule has 158 valence electrons. The van der Waals surface area contributed by atoms with Crippen molar-refractivity contribution in [2.75, 3.05) is 33.2 Å². The van der Waals surface area contributed by atoms with Gasteiger partial charge in [0.15, 0.2) is 22.8 Å². The van der Waals surface area contributed by atoms with Crippen molar-refractivity contribution < 1.29 is 14.2 Å². The SMILES string of the molecule is COc1cc(-c2cnc3[nH]c(=O)n(-c4ccc5c(c4)CCN5)c3n2)cc(OC)c1OC. The molecule has 1 aliphatic heterocycles. The predicted molar refractivity (Wildman–Crippen MR) is 117 cm³/mol. The Bertz CT molecular complexity index is 1330. The minimum absolute atomic E-state index is 0.289. The monoisotopic (exact) mass is 419 g/mol. The molecular weight excluding hydrogens is 398 g/mol. The predicted octanol–water partition coefficient (Wildman–Crippen LogP) is 2.77. The molecule has 0 bridgehead atoms. The summed E-state index contributed by atoms with van der Waals surface area (Å²) in [5, 5.41) is 3.33. The zero-order valence-electron chi connectivity index (χ0n) is 17.4. The number of aromatic nitrogens is 4. The van der Waals surface area contributed by atoms with Gasteiger partial charge in [0, 0.05) is 17.8 Å². The maximum atomic E-state index is 12.7. The van der Waals surface area contributed by atoms with Crippen LogP contribution in [0.3, 0.4) is 0 Å². The van der Waals surface area contributed by atoms with E-state index in [9.17, 15) is 4.79 Å². The van der Waals surface area contributed by atoms with Crippen LogP contribution in [0.15, 0.2) is 41.3 Å². The van der Waals surface area contributed by atoms with Crippen LogP contribution >= 0.6 is 0 Å². The number of hydrogen-bond donors (Lipinski definition) is 2. The molecule has 0 amide bonds. The summed E-state index contributed by atoms with van der Waals surface area (Å²) in [5.41, 5.74) is 4.89. The number of fused-ring (bicyclic) bond motifs is 2. The molecule has 9 heteroatoms. The zero-order chi connectivity index (χ0) is 21.5. The van der Waals surface area contributed by atoms with Gasteiger partial charge in [-0.25, -0.2) is 19.3 Å². The first-order valence-electron chi connectivity index (χ1n) is 9.78. The van der Waals surface area contributed by atoms with Crippen LogP contribution in [0.25, 0.3) is 28.2 Å². The highest BCUT2D eigenvalue weighted by molar-refractivity contribution is 5.75. The number of rotatable bonds is 5. The molecule has 2 N–H and O–H groups in total. The number of ether oxygens (including phenoxy) is 3. The molecule has 0 fully saturated rings. The molecule has 0 saturated heterocycles. The van der Waals surface area contributed by atoms with E-state index in [1.54, 1.807) is 44.2 Å². The van der Waals surface area contributed by atoms with E-state index in [-0.39, 0.29) is 5.69 Å². The Hall–Kier alpha value is -4.01. The fourth-order valence-electron chi connectivity index (χ4n) is 3.91. The average Bonchev–Trinajstić information content (AvgIpc) is 3.40. The van der Waals surface area contributed by atoms with Gasteiger partial charge in [-0.3, -0.25) is 4.98 Å². The van der Waals surface area contributed by atoms with E-state index in [2.05, 4.69) is 15.3 Å². The summed E-state index contributed by atoms with van der Waals surface area (Å²) >= 11 is 0. The third-order valence-corrected chi connectivity index (χ3v) is 5.41. The summed E-state index contributed by atoms with van der Waals surface area (Å²) in [6, 6.07) is 9.50. The van der Waals surface area contributed by atoms with Crippen LogP contribution in [0.1, 0.15) is 5.56 Å². The lowest BCUT2D eigenvalue weighted by molar-refractivity contribution is 0.324. The molecule has 4 aromatic rings. The Kier molecular flexibility index (Phi) is 4.50. The number of aromatic amines is 1. The van der Waals surface area contributed by atoms with Crippen LogP contribution < -0.4 is 25.2 Å². The van der Waals surface area contributed by atoms with Crippen LogP contribution in [0.5, 0.6) is 17.2 Å². The molecule has 0 spiro atoms. The van der Waals surface area contributed by atoms with Gasteiger partial charge in [-0.15, -0.1) is 0 Å². The molecule has 3 heterocycles. The van der Waals surface area contributed by atoms with E-state index in [0.29, 0.717) is 34.2 Å². The molecule has 5 rings (SSSR count). The van der Waals surface area contributed by atoms with Crippen LogP contribution in [0.2, 0.25) is 0 Å². The van der Waals surface area contributed by atoms with Crippen LogP contribution in [0.4, 0.5) is 5.69 Å². The Labute approximate surface area is 177 Å². The van der Waals surface area contributed by atoms with Crippen LogP contribution in [-0.2, 0) is 6.42 Å². The molecule has 0 saturated carbocycles. The third kappa shape index (κ3) is 3.05. The lowest BCUT2D eigenvalue weighted by Crippen LogP contribution is -2.15. The van der Waals surface area contributed by atoms with Crippen molar-refractivity contribution in [3.63, 3.8) is 0 Å². The number of anilines is 1. The summed E-state index contributed by atoms with van der Waals surface area (Å²) in [4.78, 5) is 24.7. The molecule has 9 nitrogen and oxygen atoms in total. The van der Waals surface area contributed by atoms with Gasteiger partial charge in [-0.2, -0.15) is 0 Å². The second-order valence-electron chi connectivity index (χ2n) is 7.13. The lowest BCUT2D eigenvalue weighted by atomic mass is 10.1. The van der Waals surface area contributed by atoms with Crippen molar-refractivity contribution in [3.05, 3.63) is 52.6 Å². The van der Waals surface area contributed by atoms with Gasteiger partial charge in [0.05, 0.1) is 38.9 Å². The summed E-state index contributed by atoms with van der Waals surface area (Å²) in [6.45, 7) is 0.895. The average molecular weight is 419 g/mol. The second kappa shape index (κ2) is 7.35. The summed E-state index contributed by atoms with van der Waals surface area (Å²) in [7, 11) is 4.67. The van der Waals surface area contributed by atoms with Crippen molar-refractivity contribution in [1.29, 1.82) is 0 Å². The van der Waals surface area contributed by atoms with E-state index in [0.717, 1.165) is 29.9 Å². The van der Waals surface area contributed by atoms with Gasteiger partial charge in [-0.05, 0) is 42.3 Å². The van der Waals surface area contributed by atoms with E-state index >= 15 is 0 Å². The first-order valence-corrected chi connectivity index (χ1v) is 9.78. The molecule has 1 aliphatic rings. The third-order valence-electron chi connectivity index (χ3n) is 5.41. The summed E-state index contributed by atoms with van der Waals surface area (Å²) in [6.07, 6.45) is 2.53. The topological polar surface area (TPSA) is 103 Å². The molecule has 31 heavy (non-hydrogen) atoms. The van der Waals surface area contributed by atoms with Gasteiger partial charge in [0.25, 0.3) is 0 Å². The molecule has 0 unspecified atom stereocenters. The number of H-pyrrole nitrogens is 1. The van der Waals surface area contributed by atoms with Crippen molar-refractivity contribution in [1.82, 2.24) is 19.5 Å². The molecule has 2 aromatic carbocycles. The normalized spacial score (nSPS) is 12.5. The Balaban J connectivity index is 1.68. The highest BCUT2D eigenvalue weighted by Crippen LogP contribution is 2.40. The quantitative estimate of drug-likeness (QED) is 0.513. The maximum absolute atomic E-state index is 12.7. The van der Waals surface area contributed by atoms with Crippen LogP contribution in [-0.4, -0.2) is 47.4 Å². The Morgan fingerprint density at radius 1 is 1.03 bits per heavy atom. The first kappa shape index (κ1) is 19.0. The van der Waals surface area contributed by atoms with Crippen molar-refractivity contribution in [2.24, 2.45) is 0 Å². The number of methoxy groups -OCH3 is 3. The largest absolute Gasteiger partial charge is 0.493 e. The van der Waals surface area contributed by atoms with Gasteiger partial charge in [0.1, 0.15) is 0 Å². The van der Waals surface area contributed by atoms with Crippen LogP contribution in [0, 0.1) is 0 Å².